The number of hydrogen-bond donors (Lipinski definition) is 1. The molecule has 31 heavy (non-hydrogen) atoms. The summed E-state index contributed by atoms with van der Waals surface area (Å²) in [6.45, 7) is 0.848. The van der Waals surface area contributed by atoms with Gasteiger partial charge in [-0.1, -0.05) is 42.5 Å². The molecule has 0 aliphatic carbocycles. The van der Waals surface area contributed by atoms with Crippen molar-refractivity contribution in [2.24, 2.45) is 0 Å². The molecule has 0 amide bonds. The molecule has 0 unspecified atom stereocenters. The summed E-state index contributed by atoms with van der Waals surface area (Å²) in [5.41, 5.74) is 3.89. The fraction of sp³-hybridized carbons (Fsp3) is 0.0769. The van der Waals surface area contributed by atoms with Crippen LogP contribution in [0, 0.1) is 0 Å². The van der Waals surface area contributed by atoms with E-state index in [-0.39, 0.29) is 0 Å². The first-order valence-corrected chi connectivity index (χ1v) is 10.0. The van der Waals surface area contributed by atoms with Crippen LogP contribution in [0.5, 0.6) is 5.75 Å². The van der Waals surface area contributed by atoms with E-state index < -0.39 is 5.97 Å². The Balaban J connectivity index is 1.39. The smallest absolute Gasteiger partial charge is 0.336 e. The fourth-order valence-corrected chi connectivity index (χ4v) is 3.79. The van der Waals surface area contributed by atoms with Gasteiger partial charge in [0.05, 0.1) is 22.3 Å². The van der Waals surface area contributed by atoms with Gasteiger partial charge in [-0.05, 0) is 47.3 Å². The lowest BCUT2D eigenvalue weighted by Gasteiger charge is -2.11. The molecule has 0 spiro atoms. The monoisotopic (exact) mass is 408 g/mol. The molecule has 0 saturated carbocycles. The van der Waals surface area contributed by atoms with Crippen LogP contribution in [0.3, 0.4) is 0 Å². The molecule has 0 radical (unpaired) electrons. The zero-order chi connectivity index (χ0) is 21.2. The maximum Gasteiger partial charge on any atom is 0.336 e. The number of fused-ring (bicyclic) bond motifs is 2. The van der Waals surface area contributed by atoms with Crippen molar-refractivity contribution < 1.29 is 14.6 Å². The number of carbonyl (C=O) groups is 1. The Labute approximate surface area is 179 Å². The topological polar surface area (TPSA) is 64.3 Å². The highest BCUT2D eigenvalue weighted by atomic mass is 16.5. The van der Waals surface area contributed by atoms with Crippen LogP contribution in [0.1, 0.15) is 21.6 Å². The van der Waals surface area contributed by atoms with Gasteiger partial charge in [-0.25, -0.2) is 9.78 Å². The quantitative estimate of drug-likeness (QED) is 0.402. The lowest BCUT2D eigenvalue weighted by molar-refractivity contribution is 0.0695. The number of ether oxygens (including phenoxy) is 1. The van der Waals surface area contributed by atoms with Crippen molar-refractivity contribution >= 4 is 27.8 Å². The molecule has 0 aliphatic heterocycles. The molecule has 0 saturated heterocycles. The third-order valence-corrected chi connectivity index (χ3v) is 5.38. The van der Waals surface area contributed by atoms with Crippen LogP contribution < -0.4 is 4.74 Å². The highest BCUT2D eigenvalue weighted by molar-refractivity contribution is 5.89. The number of pyridine rings is 1. The largest absolute Gasteiger partial charge is 0.487 e. The molecule has 0 fully saturated rings. The first kappa shape index (κ1) is 18.9. The van der Waals surface area contributed by atoms with Crippen molar-refractivity contribution in [2.45, 2.75) is 13.2 Å². The van der Waals surface area contributed by atoms with E-state index in [0.29, 0.717) is 18.7 Å². The number of nitrogens with zero attached hydrogens (tertiary/aromatic N) is 2. The van der Waals surface area contributed by atoms with Crippen molar-refractivity contribution in [3.8, 4) is 5.75 Å². The number of para-hydroxylation sites is 1. The van der Waals surface area contributed by atoms with Crippen molar-refractivity contribution in [3.05, 3.63) is 108 Å². The molecule has 5 heteroatoms. The summed E-state index contributed by atoms with van der Waals surface area (Å²) >= 11 is 0. The zero-order valence-corrected chi connectivity index (χ0v) is 16.7. The summed E-state index contributed by atoms with van der Waals surface area (Å²) in [7, 11) is 0. The highest BCUT2D eigenvalue weighted by Gasteiger charge is 2.11. The van der Waals surface area contributed by atoms with Gasteiger partial charge < -0.3 is 14.4 Å². The summed E-state index contributed by atoms with van der Waals surface area (Å²) in [5, 5.41) is 11.6. The SMILES string of the molecule is O=C(O)c1ccccc1Cn1ccc2ccc(OCc3ccc4ccccc4n3)cc21. The normalized spacial score (nSPS) is 11.1. The standard InChI is InChI=1S/C26H20N2O3/c29-26(30)23-7-3-1-6-20(23)16-28-14-13-19-10-12-22(15-25(19)28)31-17-21-11-9-18-5-2-4-8-24(18)27-21/h1-15H,16-17H2,(H,29,30). The Morgan fingerprint density at radius 3 is 2.61 bits per heavy atom. The number of hydrogen-bond acceptors (Lipinski definition) is 3. The lowest BCUT2D eigenvalue weighted by atomic mass is 10.1. The number of aromatic nitrogens is 2. The first-order valence-electron chi connectivity index (χ1n) is 10.0. The van der Waals surface area contributed by atoms with Crippen LogP contribution in [0.25, 0.3) is 21.8 Å². The second-order valence-electron chi connectivity index (χ2n) is 7.41. The third-order valence-electron chi connectivity index (χ3n) is 5.38. The molecule has 3 aromatic carbocycles. The average molecular weight is 408 g/mol. The van der Waals surface area contributed by atoms with Crippen LogP contribution in [0.4, 0.5) is 0 Å². The van der Waals surface area contributed by atoms with Gasteiger partial charge >= 0.3 is 5.97 Å². The Kier molecular flexibility index (Phi) is 4.84. The van der Waals surface area contributed by atoms with Crippen LogP contribution in [-0.2, 0) is 13.2 Å². The number of aromatic carboxylic acids is 1. The van der Waals surface area contributed by atoms with Crippen LogP contribution >= 0.6 is 0 Å². The van der Waals surface area contributed by atoms with Crippen molar-refractivity contribution in [1.29, 1.82) is 0 Å². The maximum atomic E-state index is 11.5. The third kappa shape index (κ3) is 3.85. The predicted molar refractivity (Wildman–Crippen MR) is 121 cm³/mol. The molecule has 5 aromatic rings. The number of benzene rings is 3. The highest BCUT2D eigenvalue weighted by Crippen LogP contribution is 2.24. The van der Waals surface area contributed by atoms with E-state index in [0.717, 1.165) is 38.8 Å². The van der Waals surface area contributed by atoms with Gasteiger partial charge in [0.2, 0.25) is 0 Å². The number of rotatable bonds is 6. The minimum atomic E-state index is -0.918. The molecule has 0 aliphatic rings. The Bertz CT molecular complexity index is 1400. The lowest BCUT2D eigenvalue weighted by Crippen LogP contribution is -2.06. The second kappa shape index (κ2) is 7.95. The van der Waals surface area contributed by atoms with E-state index in [9.17, 15) is 9.90 Å². The second-order valence-corrected chi connectivity index (χ2v) is 7.41. The van der Waals surface area contributed by atoms with Gasteiger partial charge in [0, 0.05) is 24.2 Å². The fourth-order valence-electron chi connectivity index (χ4n) is 3.79. The summed E-state index contributed by atoms with van der Waals surface area (Å²) < 4.78 is 8.06. The van der Waals surface area contributed by atoms with Crippen molar-refractivity contribution in [3.63, 3.8) is 0 Å². The zero-order valence-electron chi connectivity index (χ0n) is 16.7. The van der Waals surface area contributed by atoms with E-state index in [1.807, 2.05) is 77.5 Å². The predicted octanol–water partition coefficient (Wildman–Crippen LogP) is 5.52. The molecule has 2 heterocycles. The van der Waals surface area contributed by atoms with E-state index in [2.05, 4.69) is 11.1 Å². The number of carboxylic acid groups (broad SMARTS) is 1. The van der Waals surface area contributed by atoms with Crippen LogP contribution in [0.15, 0.2) is 91.1 Å². The van der Waals surface area contributed by atoms with Crippen molar-refractivity contribution in [1.82, 2.24) is 9.55 Å². The van der Waals surface area contributed by atoms with Crippen LogP contribution in [0.2, 0.25) is 0 Å². The summed E-state index contributed by atoms with van der Waals surface area (Å²) in [6.07, 6.45) is 1.97. The van der Waals surface area contributed by atoms with Crippen LogP contribution in [-0.4, -0.2) is 20.6 Å². The summed E-state index contributed by atoms with van der Waals surface area (Å²) in [6, 6.07) is 27.1. The Morgan fingerprint density at radius 1 is 0.903 bits per heavy atom. The van der Waals surface area contributed by atoms with E-state index in [1.165, 1.54) is 0 Å². The van der Waals surface area contributed by atoms with E-state index >= 15 is 0 Å². The van der Waals surface area contributed by atoms with Gasteiger partial charge in [-0.3, -0.25) is 0 Å². The molecule has 0 bridgehead atoms. The average Bonchev–Trinajstić information content (AvgIpc) is 3.20. The number of carboxylic acids is 1. The van der Waals surface area contributed by atoms with Gasteiger partial charge in [-0.2, -0.15) is 0 Å². The summed E-state index contributed by atoms with van der Waals surface area (Å²) in [5.74, 6) is -0.173. The molecule has 5 nitrogen and oxygen atoms in total. The van der Waals surface area contributed by atoms with E-state index in [4.69, 9.17) is 4.74 Å². The first-order chi connectivity index (χ1) is 15.2. The Hall–Kier alpha value is -4.12. The van der Waals surface area contributed by atoms with E-state index in [1.54, 1.807) is 12.1 Å². The minimum Gasteiger partial charge on any atom is -0.487 e. The van der Waals surface area contributed by atoms with Gasteiger partial charge in [0.25, 0.3) is 0 Å². The molecule has 152 valence electrons. The van der Waals surface area contributed by atoms with Gasteiger partial charge in [0.15, 0.2) is 0 Å². The molecular formula is C26H20N2O3. The maximum absolute atomic E-state index is 11.5. The van der Waals surface area contributed by atoms with Gasteiger partial charge in [0.1, 0.15) is 12.4 Å². The molecule has 5 rings (SSSR count). The summed E-state index contributed by atoms with van der Waals surface area (Å²) in [4.78, 5) is 16.2. The molecule has 0 atom stereocenters. The molecular weight excluding hydrogens is 388 g/mol. The minimum absolute atomic E-state index is 0.319. The van der Waals surface area contributed by atoms with Crippen molar-refractivity contribution in [2.75, 3.05) is 0 Å². The molecule has 2 aromatic heterocycles. The Morgan fingerprint density at radius 2 is 1.71 bits per heavy atom. The van der Waals surface area contributed by atoms with Gasteiger partial charge in [-0.15, -0.1) is 0 Å². The molecule has 1 N–H and O–H groups in total.